The zero-order chi connectivity index (χ0) is 23.3. The molecule has 0 spiro atoms. The first-order chi connectivity index (χ1) is 15.9. The van der Waals surface area contributed by atoms with Gasteiger partial charge in [0.2, 0.25) is 0 Å². The maximum Gasteiger partial charge on any atom is 1.00 e. The van der Waals surface area contributed by atoms with Gasteiger partial charge >= 0.3 is 22.4 Å². The van der Waals surface area contributed by atoms with E-state index in [1.807, 2.05) is 67.3 Å². The number of rotatable bonds is 4. The van der Waals surface area contributed by atoms with Crippen molar-refractivity contribution >= 4 is 7.82 Å². The zero-order valence-corrected chi connectivity index (χ0v) is 64.0. The van der Waals surface area contributed by atoms with Gasteiger partial charge in [0, 0.05) is 288 Å². The SMILES string of the molecule is O.O.O=P([O-])([O-])[O-].[Ag+].[Mo].[Mo].[Mo].[Mo].[Mo].[Mo].[Mo].[Mo].[Mo].[Mo].[Mo].[Mo].[O-2].[O-2].[O-2].[O-2].[O-2].[O-2].[O-2].[O-2].[O-2].[O-2].[O-2].[O-2].[O-2].[O-2].[O-2].[O-2].[O-2].[O-2].[O-2].[O-2].[O-2].[O-2].[O-2].[O-2].[O-2].[O-2].[O-2].[O-2].[O-2].[O-2].[O-2].[O-2].[O-2].[O-2].[O-2].[O-2].c1cc(-c2n[nH]c(-c3cc[nH+]cc3)n2)nc(-c2n[nH]c(-c3cc[nH+]cc3)n2)c1. The van der Waals surface area contributed by atoms with E-state index >= 15 is 0 Å². The Kier molecular flexibility index (Phi) is 1110. The van der Waals surface area contributed by atoms with Crippen LogP contribution in [-0.4, -0.2) is 46.3 Å². The van der Waals surface area contributed by atoms with Crippen molar-refractivity contribution in [2.45, 2.75) is 0 Å². The third-order valence-corrected chi connectivity index (χ3v) is 4.16. The molecular formula is C19H19AgMo12N9O42P-72. The second-order valence-electron chi connectivity index (χ2n) is 6.45. The number of phosphoric acid groups is 1. The molecule has 0 aromatic carbocycles. The van der Waals surface area contributed by atoms with E-state index < -0.39 is 7.82 Å². The molecule has 0 fully saturated rings. The van der Waals surface area contributed by atoms with E-state index in [0.717, 1.165) is 11.1 Å². The van der Waals surface area contributed by atoms with Gasteiger partial charge in [0.1, 0.15) is 11.4 Å². The van der Waals surface area contributed by atoms with Crippen molar-refractivity contribution in [3.63, 3.8) is 0 Å². The molecule has 65 heteroatoms. The summed E-state index contributed by atoms with van der Waals surface area (Å²) in [6.07, 6.45) is 7.34. The largest absolute Gasteiger partial charge is 2.00 e. The van der Waals surface area contributed by atoms with Gasteiger partial charge in [-0.25, -0.2) is 24.9 Å². The van der Waals surface area contributed by atoms with Crippen LogP contribution in [0.2, 0.25) is 0 Å². The normalized spacial score (nSPS) is 4.32. The molecule has 0 bridgehead atoms. The van der Waals surface area contributed by atoms with Crippen LogP contribution in [0.4, 0.5) is 0 Å². The van der Waals surface area contributed by atoms with E-state index in [0.29, 0.717) is 34.7 Å². The number of hydrogen-bond donors (Lipinski definition) is 2. The van der Waals surface area contributed by atoms with Crippen molar-refractivity contribution in [2.75, 3.05) is 0 Å². The summed E-state index contributed by atoms with van der Waals surface area (Å²) in [4.78, 5) is 45.3. The van der Waals surface area contributed by atoms with Crippen molar-refractivity contribution in [3.05, 3.63) is 67.3 Å². The summed E-state index contributed by atoms with van der Waals surface area (Å²) in [5, 5.41) is 14.5. The van der Waals surface area contributed by atoms with Crippen molar-refractivity contribution < 1.29 is 512 Å². The summed E-state index contributed by atoms with van der Waals surface area (Å²) < 4.78 is 8.55. The molecule has 5 heterocycles. The summed E-state index contributed by atoms with van der Waals surface area (Å²) in [7, 11) is -5.39. The second kappa shape index (κ2) is 221. The monoisotopic (exact) mass is 2360 g/mol. The molecule has 0 saturated carbocycles. The molecule has 84 heavy (non-hydrogen) atoms. The standard InChI is InChI=1S/C19H13N9.Ag.12Mo.H3O4P.2H2O.36O/c1-2-14(18-23-16(25-27-18)12-4-8-20-9-5-12)22-15(3-1)19-24-17(26-28-19)13-6-10-21-11-7-13;;;;;;;;;;;;;;1-5(2,3)4;;;;;;;;;;;;;;;;;;;;;;;;;;;;;;;;;;;;;;/h1-11H,(H,23,25,27)(H,24,26,28);;;;;;;;;;;;;;(H3,1,2,3,4);2*1H2;;;;;;;;;;;;;;;;;;;;;;;;;;;;;;;;;;;;/q;+1;;;;;;;;;;;;;;;;36*-2/p-1. The molecule has 0 aliphatic carbocycles. The Hall–Kier alpha value is 3.32. The van der Waals surface area contributed by atoms with Gasteiger partial charge in [0.15, 0.2) is 48.1 Å². The first kappa shape index (κ1) is 421. The third-order valence-electron chi connectivity index (χ3n) is 4.16. The van der Waals surface area contributed by atoms with E-state index in [-0.39, 0.29) is 483 Å². The molecule has 0 amide bonds. The quantitative estimate of drug-likeness (QED) is 0.127. The first-order valence-corrected chi connectivity index (χ1v) is 10.8. The molecule has 0 atom stereocenters. The molecular weight excluding hydrogens is 2320 g/mol. The van der Waals surface area contributed by atoms with E-state index in [4.69, 9.17) is 19.2 Å². The Balaban J connectivity index is -0.00000000487. The number of nitrogens with zero attached hydrogens (tertiary/aromatic N) is 5. The topological polar surface area (TPSA) is 1300 Å². The van der Waals surface area contributed by atoms with E-state index in [2.05, 4.69) is 45.3 Å². The fraction of sp³-hybridized carbons (Fsp3) is 0. The maximum atomic E-state index is 8.55. The molecule has 552 valence electrons. The maximum absolute atomic E-state index is 8.55. The third kappa shape index (κ3) is 151. The van der Waals surface area contributed by atoms with Gasteiger partial charge in [-0.15, -0.1) is 0 Å². The second-order valence-corrected chi connectivity index (χ2v) is 7.34. The van der Waals surface area contributed by atoms with Gasteiger partial charge in [-0.05, 0) is 12.1 Å². The van der Waals surface area contributed by atoms with Gasteiger partial charge in [-0.1, -0.05) is 6.07 Å². The Labute approximate surface area is 660 Å². The summed E-state index contributed by atoms with van der Waals surface area (Å²) >= 11 is 0. The van der Waals surface area contributed by atoms with Crippen LogP contribution in [0, 0.1) is 0 Å². The van der Waals surface area contributed by atoms with Crippen molar-refractivity contribution in [3.8, 4) is 45.8 Å². The van der Waals surface area contributed by atoms with Crippen LogP contribution in [0.3, 0.4) is 0 Å². The van der Waals surface area contributed by atoms with Gasteiger partial charge < -0.3 is 227 Å². The smallest absolute Gasteiger partial charge is 1.00 e. The molecule has 0 radical (unpaired) electrons. The number of H-pyrrole nitrogens is 4. The Morgan fingerprint density at radius 3 is 0.619 bits per heavy atom. The molecule has 0 aliphatic rings. The van der Waals surface area contributed by atoms with Crippen LogP contribution in [0.5, 0.6) is 0 Å². The van der Waals surface area contributed by atoms with Crippen LogP contribution < -0.4 is 24.6 Å². The summed E-state index contributed by atoms with van der Waals surface area (Å²) in [6.45, 7) is 0. The Morgan fingerprint density at radius 1 is 0.310 bits per heavy atom. The molecule has 0 aliphatic heterocycles. The van der Waals surface area contributed by atoms with Gasteiger partial charge in [0.25, 0.3) is 0 Å². The minimum Gasteiger partial charge on any atom is -2.00 e. The van der Waals surface area contributed by atoms with Crippen molar-refractivity contribution in [2.24, 2.45) is 0 Å². The van der Waals surface area contributed by atoms with Crippen LogP contribution in [0.25, 0.3) is 45.8 Å². The van der Waals surface area contributed by atoms with Crippen molar-refractivity contribution in [1.82, 2.24) is 35.3 Å². The van der Waals surface area contributed by atoms with Gasteiger partial charge in [0.05, 0.1) is 0 Å². The minimum atomic E-state index is -5.39. The minimum absolute atomic E-state index is 0. The van der Waals surface area contributed by atoms with Gasteiger partial charge in [-0.2, -0.15) is 18.0 Å². The van der Waals surface area contributed by atoms with E-state index in [1.54, 1.807) is 0 Å². The number of aromatic amines is 4. The van der Waals surface area contributed by atoms with Crippen molar-refractivity contribution in [1.29, 1.82) is 0 Å². The van der Waals surface area contributed by atoms with Crippen LogP contribution in [-0.2, 0) is 477 Å². The molecule has 0 saturated heterocycles. The molecule has 5 aromatic heterocycles. The predicted molar refractivity (Wildman–Crippen MR) is 139 cm³/mol. The summed E-state index contributed by atoms with van der Waals surface area (Å²) in [5.41, 5.74) is 3.16. The summed E-state index contributed by atoms with van der Waals surface area (Å²) in [5.74, 6) is 2.38. The number of aromatic nitrogens is 9. The van der Waals surface area contributed by atoms with Crippen LogP contribution in [0.15, 0.2) is 67.3 Å². The number of nitrogens with one attached hydrogen (secondary N) is 4. The average Bonchev–Trinajstić information content (AvgIpc) is 3.50. The molecule has 5 rings (SSSR count). The molecule has 5 aromatic rings. The number of hydrogen-bond acceptors (Lipinski definition) is 9. The zero-order valence-electron chi connectivity index (χ0n) is 37.6. The predicted octanol–water partition coefficient (Wildman–Crippen LogP) is -7.17. The molecule has 0 unspecified atom stereocenters. The fourth-order valence-electron chi connectivity index (χ4n) is 2.78. The fourth-order valence-corrected chi connectivity index (χ4v) is 2.78. The Bertz CT molecular complexity index is 1390. The summed E-state index contributed by atoms with van der Waals surface area (Å²) in [6, 6.07) is 13.3. The number of pyridine rings is 3. The van der Waals surface area contributed by atoms with Crippen LogP contribution >= 0.6 is 7.82 Å². The molecule has 8 N–H and O–H groups in total. The average molecular weight is 2340 g/mol. The van der Waals surface area contributed by atoms with E-state index in [9.17, 15) is 0 Å². The molecule has 51 nitrogen and oxygen atoms in total. The first-order valence-electron chi connectivity index (χ1n) is 9.35. The van der Waals surface area contributed by atoms with Crippen LogP contribution in [0.1, 0.15) is 0 Å². The van der Waals surface area contributed by atoms with E-state index in [1.165, 1.54) is 0 Å². The van der Waals surface area contributed by atoms with Gasteiger partial charge in [-0.3, -0.25) is 10.2 Å². The Morgan fingerprint density at radius 2 is 0.464 bits per heavy atom.